The molecule has 2 aromatic carbocycles. The van der Waals surface area contributed by atoms with E-state index in [0.29, 0.717) is 10.0 Å². The van der Waals surface area contributed by atoms with Crippen LogP contribution in [-0.2, 0) is 0 Å². The lowest BCUT2D eigenvalue weighted by Gasteiger charge is -2.11. The molecule has 0 heterocycles. The standard InChI is InChI=1S/C14H9Cl2N.ClH/c15-11-7-5-10(6-8-11)13(9-17)12-3-1-2-4-14(12)16;/h1-8,13H;1H. The van der Waals surface area contributed by atoms with Crippen molar-refractivity contribution in [3.05, 3.63) is 69.7 Å². The maximum atomic E-state index is 9.29. The van der Waals surface area contributed by atoms with Crippen LogP contribution in [0.15, 0.2) is 48.5 Å². The molecule has 2 rings (SSSR count). The molecule has 0 saturated carbocycles. The predicted molar refractivity (Wildman–Crippen MR) is 77.6 cm³/mol. The third kappa shape index (κ3) is 3.17. The van der Waals surface area contributed by atoms with Crippen LogP contribution in [0.3, 0.4) is 0 Å². The minimum absolute atomic E-state index is 0. The molecule has 0 aliphatic carbocycles. The van der Waals surface area contributed by atoms with E-state index in [9.17, 15) is 5.26 Å². The Morgan fingerprint density at radius 1 is 0.944 bits per heavy atom. The van der Waals surface area contributed by atoms with Gasteiger partial charge in [-0.15, -0.1) is 12.4 Å². The van der Waals surface area contributed by atoms with Crippen LogP contribution in [0.5, 0.6) is 0 Å². The van der Waals surface area contributed by atoms with Crippen molar-refractivity contribution in [1.82, 2.24) is 0 Å². The van der Waals surface area contributed by atoms with Gasteiger partial charge >= 0.3 is 0 Å². The molecular formula is C14H10Cl3N. The van der Waals surface area contributed by atoms with Crippen molar-refractivity contribution >= 4 is 35.6 Å². The van der Waals surface area contributed by atoms with Gasteiger partial charge in [0.25, 0.3) is 0 Å². The summed E-state index contributed by atoms with van der Waals surface area (Å²) < 4.78 is 0. The summed E-state index contributed by atoms with van der Waals surface area (Å²) in [7, 11) is 0. The molecule has 4 heteroatoms. The fraction of sp³-hybridized carbons (Fsp3) is 0.0714. The highest BCUT2D eigenvalue weighted by molar-refractivity contribution is 6.31. The van der Waals surface area contributed by atoms with Crippen LogP contribution in [-0.4, -0.2) is 0 Å². The zero-order valence-electron chi connectivity index (χ0n) is 9.31. The highest BCUT2D eigenvalue weighted by atomic mass is 35.5. The first-order valence-electron chi connectivity index (χ1n) is 5.12. The summed E-state index contributed by atoms with van der Waals surface area (Å²) in [5, 5.41) is 10.5. The highest BCUT2D eigenvalue weighted by Gasteiger charge is 2.15. The molecular weight excluding hydrogens is 289 g/mol. The molecule has 0 radical (unpaired) electrons. The fourth-order valence-electron chi connectivity index (χ4n) is 1.69. The van der Waals surface area contributed by atoms with Crippen molar-refractivity contribution in [2.45, 2.75) is 5.92 Å². The first-order valence-corrected chi connectivity index (χ1v) is 5.87. The van der Waals surface area contributed by atoms with E-state index in [1.165, 1.54) is 0 Å². The summed E-state index contributed by atoms with van der Waals surface area (Å²) in [6.45, 7) is 0. The molecule has 0 N–H and O–H groups in total. The zero-order chi connectivity index (χ0) is 12.3. The lowest BCUT2D eigenvalue weighted by molar-refractivity contribution is 1.04. The van der Waals surface area contributed by atoms with Crippen molar-refractivity contribution in [1.29, 1.82) is 5.26 Å². The zero-order valence-corrected chi connectivity index (χ0v) is 11.6. The van der Waals surface area contributed by atoms with E-state index in [0.717, 1.165) is 11.1 Å². The van der Waals surface area contributed by atoms with Crippen molar-refractivity contribution in [3.63, 3.8) is 0 Å². The van der Waals surface area contributed by atoms with E-state index in [1.807, 2.05) is 30.3 Å². The van der Waals surface area contributed by atoms with Gasteiger partial charge in [0.2, 0.25) is 0 Å². The van der Waals surface area contributed by atoms with E-state index in [4.69, 9.17) is 23.2 Å². The molecule has 0 aliphatic heterocycles. The maximum Gasteiger partial charge on any atom is 0.0977 e. The Bertz CT molecular complexity index is 558. The first kappa shape index (κ1) is 14.9. The molecule has 1 atom stereocenters. The van der Waals surface area contributed by atoms with Gasteiger partial charge in [0.15, 0.2) is 0 Å². The SMILES string of the molecule is Cl.N#CC(c1ccc(Cl)cc1)c1ccccc1Cl. The number of nitriles is 1. The third-order valence-electron chi connectivity index (χ3n) is 2.55. The average molecular weight is 299 g/mol. The third-order valence-corrected chi connectivity index (χ3v) is 3.14. The van der Waals surface area contributed by atoms with Gasteiger partial charge in [-0.1, -0.05) is 53.5 Å². The molecule has 18 heavy (non-hydrogen) atoms. The van der Waals surface area contributed by atoms with Gasteiger partial charge in [0.05, 0.1) is 12.0 Å². The summed E-state index contributed by atoms with van der Waals surface area (Å²) in [5.41, 5.74) is 1.71. The van der Waals surface area contributed by atoms with Gasteiger partial charge in [0, 0.05) is 10.0 Å². The number of halogens is 3. The number of benzene rings is 2. The van der Waals surface area contributed by atoms with Gasteiger partial charge in [-0.2, -0.15) is 5.26 Å². The molecule has 0 saturated heterocycles. The van der Waals surface area contributed by atoms with Crippen LogP contribution in [0.25, 0.3) is 0 Å². The molecule has 1 unspecified atom stereocenters. The van der Waals surface area contributed by atoms with E-state index in [2.05, 4.69) is 6.07 Å². The lowest BCUT2D eigenvalue weighted by Crippen LogP contribution is -1.98. The highest BCUT2D eigenvalue weighted by Crippen LogP contribution is 2.30. The van der Waals surface area contributed by atoms with Gasteiger partial charge in [-0.05, 0) is 29.3 Å². The van der Waals surface area contributed by atoms with Crippen LogP contribution < -0.4 is 0 Å². The van der Waals surface area contributed by atoms with Crippen LogP contribution in [0.1, 0.15) is 17.0 Å². The summed E-state index contributed by atoms with van der Waals surface area (Å²) in [4.78, 5) is 0. The number of nitrogens with zero attached hydrogens (tertiary/aromatic N) is 1. The number of hydrogen-bond acceptors (Lipinski definition) is 1. The Balaban J connectivity index is 0.00000162. The molecule has 0 bridgehead atoms. The molecule has 0 spiro atoms. The molecule has 0 amide bonds. The quantitative estimate of drug-likeness (QED) is 0.759. The second-order valence-electron chi connectivity index (χ2n) is 3.64. The minimum Gasteiger partial charge on any atom is -0.197 e. The van der Waals surface area contributed by atoms with Crippen molar-refractivity contribution in [2.75, 3.05) is 0 Å². The molecule has 0 aromatic heterocycles. The molecule has 1 nitrogen and oxygen atoms in total. The second-order valence-corrected chi connectivity index (χ2v) is 4.48. The Morgan fingerprint density at radius 2 is 1.56 bits per heavy atom. The van der Waals surface area contributed by atoms with Gasteiger partial charge in [-0.25, -0.2) is 0 Å². The van der Waals surface area contributed by atoms with Crippen LogP contribution in [0.2, 0.25) is 10.0 Å². The summed E-state index contributed by atoms with van der Waals surface area (Å²) in [6, 6.07) is 16.9. The van der Waals surface area contributed by atoms with E-state index in [1.54, 1.807) is 18.2 Å². The van der Waals surface area contributed by atoms with Crippen LogP contribution >= 0.6 is 35.6 Å². The molecule has 0 fully saturated rings. The summed E-state index contributed by atoms with van der Waals surface area (Å²) >= 11 is 11.9. The van der Waals surface area contributed by atoms with E-state index >= 15 is 0 Å². The molecule has 92 valence electrons. The van der Waals surface area contributed by atoms with E-state index < -0.39 is 0 Å². The second kappa shape index (κ2) is 6.66. The Hall–Kier alpha value is -1.20. The average Bonchev–Trinajstić information content (AvgIpc) is 2.35. The number of rotatable bonds is 2. The Labute approximate surface area is 122 Å². The predicted octanol–water partition coefficient (Wildman–Crippen LogP) is 5.07. The van der Waals surface area contributed by atoms with Crippen molar-refractivity contribution in [3.8, 4) is 6.07 Å². The maximum absolute atomic E-state index is 9.29. The topological polar surface area (TPSA) is 23.8 Å². The van der Waals surface area contributed by atoms with E-state index in [-0.39, 0.29) is 18.3 Å². The Morgan fingerprint density at radius 3 is 2.11 bits per heavy atom. The Kier molecular flexibility index (Phi) is 5.50. The van der Waals surface area contributed by atoms with Crippen LogP contribution in [0, 0.1) is 11.3 Å². The fourth-order valence-corrected chi connectivity index (χ4v) is 2.06. The molecule has 0 aliphatic rings. The normalized spacial score (nSPS) is 11.2. The van der Waals surface area contributed by atoms with Gasteiger partial charge in [-0.3, -0.25) is 0 Å². The first-order chi connectivity index (χ1) is 8.22. The van der Waals surface area contributed by atoms with Gasteiger partial charge in [0.1, 0.15) is 0 Å². The van der Waals surface area contributed by atoms with Gasteiger partial charge < -0.3 is 0 Å². The number of hydrogen-bond donors (Lipinski definition) is 0. The van der Waals surface area contributed by atoms with Crippen LogP contribution in [0.4, 0.5) is 0 Å². The monoisotopic (exact) mass is 297 g/mol. The van der Waals surface area contributed by atoms with Crippen molar-refractivity contribution < 1.29 is 0 Å². The largest absolute Gasteiger partial charge is 0.197 e. The minimum atomic E-state index is -0.360. The molecule has 2 aromatic rings. The smallest absolute Gasteiger partial charge is 0.0977 e. The summed E-state index contributed by atoms with van der Waals surface area (Å²) in [5.74, 6) is -0.360. The van der Waals surface area contributed by atoms with Crippen molar-refractivity contribution in [2.24, 2.45) is 0 Å². The lowest BCUT2D eigenvalue weighted by atomic mass is 9.93. The summed E-state index contributed by atoms with van der Waals surface area (Å²) in [6.07, 6.45) is 0.